The molecule has 1 heterocycles. The monoisotopic (exact) mass is 288 g/mol. The predicted molar refractivity (Wildman–Crippen MR) is 72.3 cm³/mol. The van der Waals surface area contributed by atoms with E-state index in [1.807, 2.05) is 0 Å². The topological polar surface area (TPSA) is 81.0 Å². The maximum Gasteiger partial charge on any atom is 0.329 e. The van der Waals surface area contributed by atoms with Gasteiger partial charge in [-0.1, -0.05) is 6.42 Å². The normalized spacial score (nSPS) is 17.0. The predicted octanol–water partition coefficient (Wildman–Crippen LogP) is 2.74. The molecule has 0 unspecified atom stereocenters. The first-order valence-corrected chi connectivity index (χ1v) is 7.12. The molecule has 1 fully saturated rings. The largest absolute Gasteiger partial charge is 0.363 e. The number of hydrogen-bond acceptors (Lipinski definition) is 6. The van der Waals surface area contributed by atoms with Crippen molar-refractivity contribution in [1.82, 2.24) is 9.97 Å². The lowest BCUT2D eigenvalue weighted by atomic mass is 9.84. The van der Waals surface area contributed by atoms with Crippen LogP contribution in [0, 0.1) is 10.1 Å². The number of thioether (sulfide) groups is 1. The Kier molecular flexibility index (Phi) is 3.91. The molecule has 0 amide bonds. The highest BCUT2D eigenvalue weighted by Gasteiger charge is 2.36. The summed E-state index contributed by atoms with van der Waals surface area (Å²) in [5, 5.41) is 13.9. The molecule has 1 saturated carbocycles. The summed E-state index contributed by atoms with van der Waals surface area (Å²) in [6.45, 7) is 0.655. The number of hydrogen-bond donors (Lipinski definition) is 1. The molecule has 1 N–H and O–H groups in total. The number of anilines is 1. The van der Waals surface area contributed by atoms with Gasteiger partial charge in [-0.3, -0.25) is 10.1 Å². The van der Waals surface area contributed by atoms with E-state index in [0.29, 0.717) is 6.54 Å². The van der Waals surface area contributed by atoms with Gasteiger partial charge in [-0.15, -0.1) is 0 Å². The van der Waals surface area contributed by atoms with Crippen molar-refractivity contribution in [3.63, 3.8) is 0 Å². The van der Waals surface area contributed by atoms with Crippen LogP contribution in [0.3, 0.4) is 0 Å². The van der Waals surface area contributed by atoms with E-state index in [1.54, 1.807) is 11.8 Å². The van der Waals surface area contributed by atoms with E-state index >= 15 is 0 Å². The van der Waals surface area contributed by atoms with Gasteiger partial charge < -0.3 is 5.32 Å². The van der Waals surface area contributed by atoms with E-state index in [-0.39, 0.29) is 21.5 Å². The molecule has 1 aromatic heterocycles. The average Bonchev–Trinajstić information content (AvgIpc) is 2.28. The van der Waals surface area contributed by atoms with Gasteiger partial charge in [0.15, 0.2) is 0 Å². The van der Waals surface area contributed by atoms with Crippen molar-refractivity contribution in [2.75, 3.05) is 18.1 Å². The summed E-state index contributed by atoms with van der Waals surface area (Å²) < 4.78 is 0.172. The standard InChI is InChI=1S/C10H13ClN4O2S/c1-18-10(3-2-4-10)6-13-8-7(15(16)17)5-12-9(11)14-8/h5H,2-4,6H2,1H3,(H,12,13,14). The zero-order valence-corrected chi connectivity index (χ0v) is 11.4. The molecule has 2 rings (SSSR count). The SMILES string of the molecule is CSC1(CNc2nc(Cl)ncc2[N+](=O)[O-])CCC1. The Labute approximate surface area is 114 Å². The molecule has 6 nitrogen and oxygen atoms in total. The Balaban J connectivity index is 2.12. The van der Waals surface area contributed by atoms with Crippen LogP contribution in [0.15, 0.2) is 6.20 Å². The Hall–Kier alpha value is -1.08. The molecule has 0 atom stereocenters. The van der Waals surface area contributed by atoms with E-state index in [1.165, 1.54) is 6.42 Å². The van der Waals surface area contributed by atoms with Crippen LogP contribution in [0.1, 0.15) is 19.3 Å². The third kappa shape index (κ3) is 2.67. The zero-order valence-electron chi connectivity index (χ0n) is 9.85. The van der Waals surface area contributed by atoms with E-state index in [4.69, 9.17) is 11.6 Å². The summed E-state index contributed by atoms with van der Waals surface area (Å²) in [5.74, 6) is 0.195. The Bertz CT molecular complexity index is 462. The summed E-state index contributed by atoms with van der Waals surface area (Å²) in [6.07, 6.45) is 6.63. The molecule has 0 bridgehead atoms. The molecular weight excluding hydrogens is 276 g/mol. The Morgan fingerprint density at radius 3 is 2.89 bits per heavy atom. The molecule has 0 saturated heterocycles. The number of nitrogens with one attached hydrogen (secondary N) is 1. The zero-order chi connectivity index (χ0) is 13.2. The van der Waals surface area contributed by atoms with Crippen molar-refractivity contribution in [2.45, 2.75) is 24.0 Å². The third-order valence-corrected chi connectivity index (χ3v) is 4.81. The van der Waals surface area contributed by atoms with E-state index < -0.39 is 4.92 Å². The number of nitrogens with zero attached hydrogens (tertiary/aromatic N) is 3. The van der Waals surface area contributed by atoms with Crippen LogP contribution in [0.2, 0.25) is 5.28 Å². The van der Waals surface area contributed by atoms with Crippen molar-refractivity contribution in [3.8, 4) is 0 Å². The van der Waals surface area contributed by atoms with Crippen molar-refractivity contribution in [3.05, 3.63) is 21.6 Å². The van der Waals surface area contributed by atoms with Crippen molar-refractivity contribution in [1.29, 1.82) is 0 Å². The van der Waals surface area contributed by atoms with Gasteiger partial charge in [0.2, 0.25) is 11.1 Å². The second-order valence-corrected chi connectivity index (χ2v) is 5.84. The van der Waals surface area contributed by atoms with Gasteiger partial charge in [0.25, 0.3) is 0 Å². The van der Waals surface area contributed by atoms with Crippen molar-refractivity contribution >= 4 is 34.9 Å². The van der Waals surface area contributed by atoms with Crippen LogP contribution in [0.4, 0.5) is 11.5 Å². The highest BCUT2D eigenvalue weighted by Crippen LogP contribution is 2.43. The summed E-state index contributed by atoms with van der Waals surface area (Å²) >= 11 is 7.45. The average molecular weight is 289 g/mol. The lowest BCUT2D eigenvalue weighted by molar-refractivity contribution is -0.384. The van der Waals surface area contributed by atoms with E-state index in [0.717, 1.165) is 19.0 Å². The molecular formula is C10H13ClN4O2S. The molecule has 1 aliphatic rings. The van der Waals surface area contributed by atoms with Gasteiger partial charge in [-0.05, 0) is 30.7 Å². The first-order valence-electron chi connectivity index (χ1n) is 5.52. The summed E-state index contributed by atoms with van der Waals surface area (Å²) in [6, 6.07) is 0. The maximum absolute atomic E-state index is 10.8. The second kappa shape index (κ2) is 5.27. The molecule has 1 aromatic rings. The van der Waals surface area contributed by atoms with Gasteiger partial charge in [0.05, 0.1) is 4.92 Å². The molecule has 98 valence electrons. The van der Waals surface area contributed by atoms with Crippen LogP contribution in [-0.4, -0.2) is 32.4 Å². The summed E-state index contributed by atoms with van der Waals surface area (Å²) in [7, 11) is 0. The Morgan fingerprint density at radius 2 is 2.39 bits per heavy atom. The van der Waals surface area contributed by atoms with Crippen LogP contribution in [0.25, 0.3) is 0 Å². The van der Waals surface area contributed by atoms with Gasteiger partial charge in [-0.2, -0.15) is 16.7 Å². The number of aromatic nitrogens is 2. The van der Waals surface area contributed by atoms with E-state index in [9.17, 15) is 10.1 Å². The van der Waals surface area contributed by atoms with Gasteiger partial charge in [0, 0.05) is 11.3 Å². The highest BCUT2D eigenvalue weighted by atomic mass is 35.5. The minimum absolute atomic E-state index is 0.00918. The minimum atomic E-state index is -0.509. The van der Waals surface area contributed by atoms with Crippen LogP contribution in [0.5, 0.6) is 0 Å². The van der Waals surface area contributed by atoms with Crippen molar-refractivity contribution < 1.29 is 4.92 Å². The fourth-order valence-corrected chi connectivity index (χ4v) is 2.93. The molecule has 1 aliphatic carbocycles. The minimum Gasteiger partial charge on any atom is -0.363 e. The second-order valence-electron chi connectivity index (χ2n) is 4.22. The molecule has 0 aromatic carbocycles. The summed E-state index contributed by atoms with van der Waals surface area (Å²) in [4.78, 5) is 17.8. The van der Waals surface area contributed by atoms with Gasteiger partial charge in [-0.25, -0.2) is 4.98 Å². The molecule has 8 heteroatoms. The molecule has 0 spiro atoms. The summed E-state index contributed by atoms with van der Waals surface area (Å²) in [5.41, 5.74) is -0.144. The van der Waals surface area contributed by atoms with Crippen LogP contribution in [-0.2, 0) is 0 Å². The fraction of sp³-hybridized carbons (Fsp3) is 0.600. The smallest absolute Gasteiger partial charge is 0.329 e. The third-order valence-electron chi connectivity index (χ3n) is 3.21. The molecule has 18 heavy (non-hydrogen) atoms. The first kappa shape index (κ1) is 13.4. The molecule has 0 aliphatic heterocycles. The van der Waals surface area contributed by atoms with Gasteiger partial charge >= 0.3 is 5.69 Å². The Morgan fingerprint density at radius 1 is 1.67 bits per heavy atom. The van der Waals surface area contributed by atoms with Crippen molar-refractivity contribution in [2.24, 2.45) is 0 Å². The lowest BCUT2D eigenvalue weighted by Gasteiger charge is -2.40. The number of halogens is 1. The first-order chi connectivity index (χ1) is 8.56. The van der Waals surface area contributed by atoms with Crippen LogP contribution < -0.4 is 5.32 Å². The number of nitro groups is 1. The van der Waals surface area contributed by atoms with Gasteiger partial charge in [0.1, 0.15) is 6.20 Å². The fourth-order valence-electron chi connectivity index (χ4n) is 1.89. The number of rotatable bonds is 5. The van der Waals surface area contributed by atoms with E-state index in [2.05, 4.69) is 21.5 Å². The quantitative estimate of drug-likeness (QED) is 0.510. The van der Waals surface area contributed by atoms with Crippen LogP contribution >= 0.6 is 23.4 Å². The maximum atomic E-state index is 10.8. The highest BCUT2D eigenvalue weighted by molar-refractivity contribution is 8.00. The molecule has 0 radical (unpaired) electrons. The lowest BCUT2D eigenvalue weighted by Crippen LogP contribution is -2.40.